The van der Waals surface area contributed by atoms with Gasteiger partial charge in [0.1, 0.15) is 17.4 Å². The maximum absolute atomic E-state index is 12.5. The quantitative estimate of drug-likeness (QED) is 0.320. The van der Waals surface area contributed by atoms with E-state index < -0.39 is 0 Å². The molecule has 3 heteroatoms. The molecule has 0 radical (unpaired) electrons. The molecule has 0 N–H and O–H groups in total. The molecule has 0 saturated heterocycles. The van der Waals surface area contributed by atoms with Gasteiger partial charge in [-0.25, -0.2) is 4.79 Å². The van der Waals surface area contributed by atoms with Crippen LogP contribution in [0.2, 0.25) is 0 Å². The summed E-state index contributed by atoms with van der Waals surface area (Å²) < 4.78 is 11.4. The zero-order valence-corrected chi connectivity index (χ0v) is 15.7. The molecule has 1 aromatic carbocycles. The van der Waals surface area contributed by atoms with Crippen molar-refractivity contribution < 1.29 is 14.3 Å². The SMILES string of the molecule is CCCCCCCC(CCCC)OC(=O)c1ccccc1OCC. The Bertz CT molecular complexity index is 456. The van der Waals surface area contributed by atoms with Crippen LogP contribution >= 0.6 is 0 Å². The summed E-state index contributed by atoms with van der Waals surface area (Å²) in [6, 6.07) is 7.34. The first kappa shape index (κ1) is 20.5. The lowest BCUT2D eigenvalue weighted by Crippen LogP contribution is -2.19. The van der Waals surface area contributed by atoms with E-state index in [1.807, 2.05) is 25.1 Å². The van der Waals surface area contributed by atoms with Gasteiger partial charge in [0.2, 0.25) is 0 Å². The largest absolute Gasteiger partial charge is 0.493 e. The summed E-state index contributed by atoms with van der Waals surface area (Å²) in [5.41, 5.74) is 0.534. The molecular weight excluding hydrogens is 300 g/mol. The Kier molecular flexibility index (Phi) is 11.0. The third kappa shape index (κ3) is 7.85. The van der Waals surface area contributed by atoms with Crippen LogP contribution in [0.1, 0.15) is 88.9 Å². The minimum atomic E-state index is -0.256. The maximum Gasteiger partial charge on any atom is 0.342 e. The minimum absolute atomic E-state index is 0.0220. The van der Waals surface area contributed by atoms with Crippen LogP contribution < -0.4 is 4.74 Å². The average Bonchev–Trinajstić information content (AvgIpc) is 2.60. The van der Waals surface area contributed by atoms with Crippen molar-refractivity contribution in [2.24, 2.45) is 0 Å². The zero-order valence-electron chi connectivity index (χ0n) is 15.7. The van der Waals surface area contributed by atoms with Gasteiger partial charge in [-0.1, -0.05) is 64.5 Å². The molecule has 0 fully saturated rings. The lowest BCUT2D eigenvalue weighted by atomic mass is 10.0. The molecule has 1 unspecified atom stereocenters. The Morgan fingerprint density at radius 3 is 2.29 bits per heavy atom. The first-order valence-corrected chi connectivity index (χ1v) is 9.65. The van der Waals surface area contributed by atoms with Crippen LogP contribution in [0.4, 0.5) is 0 Å². The Morgan fingerprint density at radius 2 is 1.58 bits per heavy atom. The summed E-state index contributed by atoms with van der Waals surface area (Å²) in [4.78, 5) is 12.5. The van der Waals surface area contributed by atoms with Crippen molar-refractivity contribution in [1.82, 2.24) is 0 Å². The summed E-state index contributed by atoms with van der Waals surface area (Å²) in [6.07, 6.45) is 10.3. The van der Waals surface area contributed by atoms with Gasteiger partial charge in [-0.15, -0.1) is 0 Å². The summed E-state index contributed by atoms with van der Waals surface area (Å²) in [5.74, 6) is 0.357. The van der Waals surface area contributed by atoms with Gasteiger partial charge in [-0.05, 0) is 38.3 Å². The van der Waals surface area contributed by atoms with Crippen LogP contribution in [0.5, 0.6) is 5.75 Å². The zero-order chi connectivity index (χ0) is 17.6. The number of carbonyl (C=O) groups is 1. The number of hydrogen-bond acceptors (Lipinski definition) is 3. The van der Waals surface area contributed by atoms with Gasteiger partial charge in [0.25, 0.3) is 0 Å². The number of unbranched alkanes of at least 4 members (excludes halogenated alkanes) is 5. The Hall–Kier alpha value is -1.51. The number of hydrogen-bond donors (Lipinski definition) is 0. The number of ether oxygens (including phenoxy) is 2. The van der Waals surface area contributed by atoms with Gasteiger partial charge in [0, 0.05) is 0 Å². The van der Waals surface area contributed by atoms with Crippen molar-refractivity contribution in [2.75, 3.05) is 6.61 Å². The summed E-state index contributed by atoms with van der Waals surface area (Å²) >= 11 is 0. The van der Waals surface area contributed by atoms with Gasteiger partial charge >= 0.3 is 5.97 Å². The number of esters is 1. The van der Waals surface area contributed by atoms with Crippen molar-refractivity contribution in [1.29, 1.82) is 0 Å². The number of para-hydroxylation sites is 1. The van der Waals surface area contributed by atoms with E-state index in [0.29, 0.717) is 17.9 Å². The topological polar surface area (TPSA) is 35.5 Å². The monoisotopic (exact) mass is 334 g/mol. The van der Waals surface area contributed by atoms with Crippen LogP contribution in [-0.4, -0.2) is 18.7 Å². The molecule has 0 saturated carbocycles. The van der Waals surface area contributed by atoms with Crippen molar-refractivity contribution in [3.05, 3.63) is 29.8 Å². The number of rotatable bonds is 13. The normalized spacial score (nSPS) is 12.0. The minimum Gasteiger partial charge on any atom is -0.493 e. The van der Waals surface area contributed by atoms with E-state index in [1.165, 1.54) is 25.7 Å². The van der Waals surface area contributed by atoms with E-state index in [1.54, 1.807) is 6.07 Å². The standard InChI is InChI=1S/C21H34O3/c1-4-7-9-10-11-15-18(14-8-5-2)24-21(22)19-16-12-13-17-20(19)23-6-3/h12-13,16-18H,4-11,14-15H2,1-3H3. The summed E-state index contributed by atoms with van der Waals surface area (Å²) in [6.45, 7) is 6.86. The molecule has 0 aromatic heterocycles. The molecule has 0 bridgehead atoms. The fourth-order valence-electron chi connectivity index (χ4n) is 2.80. The summed E-state index contributed by atoms with van der Waals surface area (Å²) in [5, 5.41) is 0. The van der Waals surface area contributed by atoms with Crippen molar-refractivity contribution in [3.63, 3.8) is 0 Å². The van der Waals surface area contributed by atoms with E-state index in [0.717, 1.165) is 32.1 Å². The van der Waals surface area contributed by atoms with Crippen LogP contribution in [0.3, 0.4) is 0 Å². The van der Waals surface area contributed by atoms with Gasteiger partial charge < -0.3 is 9.47 Å². The van der Waals surface area contributed by atoms with Gasteiger partial charge in [-0.3, -0.25) is 0 Å². The maximum atomic E-state index is 12.5. The molecule has 0 spiro atoms. The fraction of sp³-hybridized carbons (Fsp3) is 0.667. The second kappa shape index (κ2) is 12.9. The highest BCUT2D eigenvalue weighted by molar-refractivity contribution is 5.92. The molecule has 1 rings (SSSR count). The molecule has 0 aliphatic rings. The summed E-state index contributed by atoms with van der Waals surface area (Å²) in [7, 11) is 0. The highest BCUT2D eigenvalue weighted by atomic mass is 16.5. The molecule has 3 nitrogen and oxygen atoms in total. The van der Waals surface area contributed by atoms with Gasteiger partial charge in [0.05, 0.1) is 6.61 Å². The highest BCUT2D eigenvalue weighted by Crippen LogP contribution is 2.22. The Labute approximate surface area is 147 Å². The average molecular weight is 335 g/mol. The predicted molar refractivity (Wildman–Crippen MR) is 99.7 cm³/mol. The molecule has 24 heavy (non-hydrogen) atoms. The molecule has 136 valence electrons. The highest BCUT2D eigenvalue weighted by Gasteiger charge is 2.18. The predicted octanol–water partition coefficient (Wildman–Crippen LogP) is 6.16. The van der Waals surface area contributed by atoms with E-state index in [2.05, 4.69) is 13.8 Å². The van der Waals surface area contributed by atoms with Crippen molar-refractivity contribution in [3.8, 4) is 5.75 Å². The second-order valence-electron chi connectivity index (χ2n) is 6.30. The smallest absolute Gasteiger partial charge is 0.342 e. The van der Waals surface area contributed by atoms with Crippen molar-refractivity contribution >= 4 is 5.97 Å². The first-order valence-electron chi connectivity index (χ1n) is 9.65. The third-order valence-corrected chi connectivity index (χ3v) is 4.19. The van der Waals surface area contributed by atoms with E-state index in [4.69, 9.17) is 9.47 Å². The van der Waals surface area contributed by atoms with E-state index in [9.17, 15) is 4.79 Å². The van der Waals surface area contributed by atoms with Crippen LogP contribution in [-0.2, 0) is 4.74 Å². The van der Waals surface area contributed by atoms with Crippen molar-refractivity contribution in [2.45, 2.75) is 84.7 Å². The van der Waals surface area contributed by atoms with Crippen LogP contribution in [0.15, 0.2) is 24.3 Å². The van der Waals surface area contributed by atoms with Gasteiger partial charge in [0.15, 0.2) is 0 Å². The lowest BCUT2D eigenvalue weighted by Gasteiger charge is -2.19. The Balaban J connectivity index is 2.59. The second-order valence-corrected chi connectivity index (χ2v) is 6.30. The van der Waals surface area contributed by atoms with E-state index in [-0.39, 0.29) is 12.1 Å². The number of carbonyl (C=O) groups excluding carboxylic acids is 1. The fourth-order valence-corrected chi connectivity index (χ4v) is 2.80. The lowest BCUT2D eigenvalue weighted by molar-refractivity contribution is 0.0246. The molecular formula is C21H34O3. The molecule has 1 aromatic rings. The Morgan fingerprint density at radius 1 is 0.917 bits per heavy atom. The van der Waals surface area contributed by atoms with Gasteiger partial charge in [-0.2, -0.15) is 0 Å². The molecule has 0 amide bonds. The molecule has 1 atom stereocenters. The third-order valence-electron chi connectivity index (χ3n) is 4.19. The van der Waals surface area contributed by atoms with Crippen LogP contribution in [0, 0.1) is 0 Å². The molecule has 0 aliphatic carbocycles. The molecule has 0 aliphatic heterocycles. The first-order chi connectivity index (χ1) is 11.7. The number of benzene rings is 1. The van der Waals surface area contributed by atoms with E-state index >= 15 is 0 Å². The van der Waals surface area contributed by atoms with Crippen LogP contribution in [0.25, 0.3) is 0 Å². The molecule has 0 heterocycles.